The number of halogens is 2. The zero-order valence-corrected chi connectivity index (χ0v) is 23.4. The van der Waals surface area contributed by atoms with E-state index in [9.17, 15) is 18.0 Å². The van der Waals surface area contributed by atoms with E-state index in [2.05, 4.69) is 5.32 Å². The minimum atomic E-state index is -3.95. The molecule has 2 aromatic rings. The molecule has 198 valence electrons. The van der Waals surface area contributed by atoms with E-state index in [0.717, 1.165) is 10.6 Å². The first-order valence-electron chi connectivity index (χ1n) is 11.0. The minimum Gasteiger partial charge on any atom is -0.497 e. The second-order valence-corrected chi connectivity index (χ2v) is 11.2. The largest absolute Gasteiger partial charge is 0.497 e. The molecule has 0 aliphatic carbocycles. The summed E-state index contributed by atoms with van der Waals surface area (Å²) in [6.45, 7) is 4.53. The number of amides is 2. The third-order valence-corrected chi connectivity index (χ3v) is 7.00. The highest BCUT2D eigenvalue weighted by Gasteiger charge is 2.32. The summed E-state index contributed by atoms with van der Waals surface area (Å²) in [7, 11) is -1.12. The highest BCUT2D eigenvalue weighted by atomic mass is 35.5. The van der Waals surface area contributed by atoms with Crippen LogP contribution in [-0.4, -0.2) is 64.2 Å². The van der Waals surface area contributed by atoms with Gasteiger partial charge in [0.2, 0.25) is 21.8 Å². The van der Waals surface area contributed by atoms with E-state index in [0.29, 0.717) is 21.4 Å². The maximum atomic E-state index is 13.6. The van der Waals surface area contributed by atoms with Crippen LogP contribution in [0.25, 0.3) is 0 Å². The maximum absolute atomic E-state index is 13.6. The monoisotopic (exact) mass is 559 g/mol. The molecule has 36 heavy (non-hydrogen) atoms. The van der Waals surface area contributed by atoms with Gasteiger partial charge in [0, 0.05) is 28.7 Å². The summed E-state index contributed by atoms with van der Waals surface area (Å²) >= 11 is 12.3. The summed E-state index contributed by atoms with van der Waals surface area (Å²) in [4.78, 5) is 27.8. The Morgan fingerprint density at radius 1 is 1.03 bits per heavy atom. The molecule has 0 heterocycles. The van der Waals surface area contributed by atoms with Crippen molar-refractivity contribution in [2.45, 2.75) is 39.4 Å². The molecular weight excluding hydrogens is 529 g/mol. The van der Waals surface area contributed by atoms with Crippen LogP contribution < -0.4 is 19.1 Å². The minimum absolute atomic E-state index is 0.0473. The van der Waals surface area contributed by atoms with Crippen LogP contribution in [0.3, 0.4) is 0 Å². The Morgan fingerprint density at radius 2 is 1.69 bits per heavy atom. The van der Waals surface area contributed by atoms with Crippen molar-refractivity contribution in [3.8, 4) is 11.5 Å². The first-order chi connectivity index (χ1) is 16.8. The van der Waals surface area contributed by atoms with Crippen LogP contribution in [0.4, 0.5) is 5.69 Å². The van der Waals surface area contributed by atoms with Gasteiger partial charge in [-0.25, -0.2) is 8.42 Å². The predicted molar refractivity (Wildman–Crippen MR) is 141 cm³/mol. The molecule has 9 nitrogen and oxygen atoms in total. The van der Waals surface area contributed by atoms with Crippen LogP contribution >= 0.6 is 23.2 Å². The number of sulfonamides is 1. The predicted octanol–water partition coefficient (Wildman–Crippen LogP) is 3.72. The van der Waals surface area contributed by atoms with E-state index < -0.39 is 34.4 Å². The third kappa shape index (κ3) is 7.65. The molecule has 0 bridgehead atoms. The quantitative estimate of drug-likeness (QED) is 0.449. The number of benzene rings is 2. The number of hydrogen-bond donors (Lipinski definition) is 1. The summed E-state index contributed by atoms with van der Waals surface area (Å²) in [5, 5.41) is 3.51. The van der Waals surface area contributed by atoms with Gasteiger partial charge in [-0.05, 0) is 50.6 Å². The Balaban J connectivity index is 2.52. The van der Waals surface area contributed by atoms with E-state index in [1.807, 2.05) is 0 Å². The molecule has 0 aliphatic rings. The van der Waals surface area contributed by atoms with Crippen LogP contribution in [0.2, 0.25) is 10.0 Å². The Morgan fingerprint density at radius 3 is 2.22 bits per heavy atom. The molecule has 0 saturated heterocycles. The van der Waals surface area contributed by atoms with Crippen molar-refractivity contribution in [1.29, 1.82) is 0 Å². The Kier molecular flexibility index (Phi) is 10.3. The Bertz CT molecular complexity index is 1210. The van der Waals surface area contributed by atoms with Crippen LogP contribution in [0, 0.1) is 0 Å². The number of nitrogens with one attached hydrogen (secondary N) is 1. The molecule has 0 saturated carbocycles. The average Bonchev–Trinajstić information content (AvgIpc) is 2.79. The number of nitrogens with zero attached hydrogens (tertiary/aromatic N) is 2. The van der Waals surface area contributed by atoms with E-state index in [-0.39, 0.29) is 24.0 Å². The lowest BCUT2D eigenvalue weighted by Crippen LogP contribution is -2.52. The van der Waals surface area contributed by atoms with E-state index in [4.69, 9.17) is 32.7 Å². The van der Waals surface area contributed by atoms with Gasteiger partial charge in [-0.1, -0.05) is 29.3 Å². The number of rotatable bonds is 11. The highest BCUT2D eigenvalue weighted by molar-refractivity contribution is 7.92. The average molecular weight is 561 g/mol. The first-order valence-corrected chi connectivity index (χ1v) is 13.6. The summed E-state index contributed by atoms with van der Waals surface area (Å²) in [5.41, 5.74) is 0.667. The third-order valence-electron chi connectivity index (χ3n) is 5.29. The van der Waals surface area contributed by atoms with E-state index in [1.54, 1.807) is 45.0 Å². The molecule has 2 rings (SSSR count). The summed E-state index contributed by atoms with van der Waals surface area (Å²) in [6, 6.07) is 8.32. The molecule has 0 aromatic heterocycles. The normalized spacial score (nSPS) is 12.1. The fraction of sp³-hybridized carbons (Fsp3) is 0.417. The second kappa shape index (κ2) is 12.5. The topological polar surface area (TPSA) is 105 Å². The molecule has 0 fully saturated rings. The fourth-order valence-electron chi connectivity index (χ4n) is 3.41. The SMILES string of the molecule is COc1ccc(OC)c(N(CC(=O)N(Cc2ccc(Cl)cc2Cl)[C@H](C)C(=O)NC(C)C)S(C)(=O)=O)c1. The highest BCUT2D eigenvalue weighted by Crippen LogP contribution is 2.34. The number of anilines is 1. The van der Waals surface area contributed by atoms with Crippen LogP contribution in [0.15, 0.2) is 36.4 Å². The summed E-state index contributed by atoms with van der Waals surface area (Å²) < 4.78 is 37.1. The number of carbonyl (C=O) groups is 2. The summed E-state index contributed by atoms with van der Waals surface area (Å²) in [6.07, 6.45) is 0.981. The lowest BCUT2D eigenvalue weighted by molar-refractivity contribution is -0.139. The van der Waals surface area contributed by atoms with Crippen LogP contribution in [-0.2, 0) is 26.2 Å². The van der Waals surface area contributed by atoms with Crippen molar-refractivity contribution in [1.82, 2.24) is 10.2 Å². The smallest absolute Gasteiger partial charge is 0.244 e. The van der Waals surface area contributed by atoms with Crippen molar-refractivity contribution in [3.05, 3.63) is 52.0 Å². The van der Waals surface area contributed by atoms with Gasteiger partial charge in [-0.15, -0.1) is 0 Å². The van der Waals surface area contributed by atoms with Gasteiger partial charge in [0.05, 0.1) is 26.2 Å². The Labute approximate surface area is 222 Å². The second-order valence-electron chi connectivity index (χ2n) is 8.40. The standard InChI is InChI=1S/C24H31Cl2N3O6S/c1-15(2)27-24(31)16(3)28(13-17-7-8-18(25)11-20(17)26)23(30)14-29(36(6,32)33)21-12-19(34-4)9-10-22(21)35-5/h7-12,15-16H,13-14H2,1-6H3,(H,27,31)/t16-/m1/s1. The molecule has 2 aromatic carbocycles. The van der Waals surface area contributed by atoms with Crippen molar-refractivity contribution in [3.63, 3.8) is 0 Å². The molecule has 0 radical (unpaired) electrons. The van der Waals surface area contributed by atoms with E-state index in [1.165, 1.54) is 31.3 Å². The molecular formula is C24H31Cl2N3O6S. The van der Waals surface area contributed by atoms with Gasteiger partial charge >= 0.3 is 0 Å². The number of carbonyl (C=O) groups excluding carboxylic acids is 2. The zero-order chi connectivity index (χ0) is 27.2. The van der Waals surface area contributed by atoms with Crippen LogP contribution in [0.1, 0.15) is 26.3 Å². The van der Waals surface area contributed by atoms with Crippen molar-refractivity contribution < 1.29 is 27.5 Å². The lowest BCUT2D eigenvalue weighted by Gasteiger charge is -2.32. The van der Waals surface area contributed by atoms with Crippen molar-refractivity contribution in [2.75, 3.05) is 31.3 Å². The van der Waals surface area contributed by atoms with Gasteiger partial charge in [-0.3, -0.25) is 13.9 Å². The number of ether oxygens (including phenoxy) is 2. The fourth-order valence-corrected chi connectivity index (χ4v) is 4.72. The summed E-state index contributed by atoms with van der Waals surface area (Å²) in [5.74, 6) is -0.413. The van der Waals surface area contributed by atoms with Gasteiger partial charge in [-0.2, -0.15) is 0 Å². The maximum Gasteiger partial charge on any atom is 0.244 e. The zero-order valence-electron chi connectivity index (χ0n) is 21.0. The molecule has 0 unspecified atom stereocenters. The molecule has 0 aliphatic heterocycles. The van der Waals surface area contributed by atoms with Gasteiger partial charge < -0.3 is 19.7 Å². The lowest BCUT2D eigenvalue weighted by atomic mass is 10.1. The number of methoxy groups -OCH3 is 2. The Hall–Kier alpha value is -2.69. The van der Waals surface area contributed by atoms with Crippen LogP contribution in [0.5, 0.6) is 11.5 Å². The molecule has 12 heteroatoms. The number of hydrogen-bond acceptors (Lipinski definition) is 6. The van der Waals surface area contributed by atoms with Gasteiger partial charge in [0.15, 0.2) is 0 Å². The van der Waals surface area contributed by atoms with E-state index >= 15 is 0 Å². The molecule has 2 amide bonds. The van der Waals surface area contributed by atoms with Crippen molar-refractivity contribution >= 4 is 50.7 Å². The molecule has 1 N–H and O–H groups in total. The molecule has 1 atom stereocenters. The first kappa shape index (κ1) is 29.5. The van der Waals surface area contributed by atoms with Gasteiger partial charge in [0.1, 0.15) is 24.1 Å². The van der Waals surface area contributed by atoms with Gasteiger partial charge in [0.25, 0.3) is 0 Å². The van der Waals surface area contributed by atoms with Crippen molar-refractivity contribution in [2.24, 2.45) is 0 Å². The molecule has 0 spiro atoms.